The maximum Gasteiger partial charge on any atom is 0.256 e. The van der Waals surface area contributed by atoms with E-state index in [1.165, 1.54) is 34.0 Å². The van der Waals surface area contributed by atoms with Crippen LogP contribution >= 0.6 is 23.6 Å². The lowest BCUT2D eigenvalue weighted by Crippen LogP contribution is -2.39. The summed E-state index contributed by atoms with van der Waals surface area (Å²) in [5, 5.41) is 5.11. The summed E-state index contributed by atoms with van der Waals surface area (Å²) in [6.07, 6.45) is 0.632. The number of halogens is 1. The molecule has 0 radical (unpaired) electrons. The average molecular weight is 498 g/mol. The molecular weight excluding hydrogens is 473 g/mol. The van der Waals surface area contributed by atoms with E-state index in [2.05, 4.69) is 5.32 Å². The van der Waals surface area contributed by atoms with Gasteiger partial charge in [0.05, 0.1) is 18.7 Å². The fourth-order valence-corrected chi connectivity index (χ4v) is 4.90. The number of carbonyl (C=O) groups excluding carboxylic acids is 2. The highest BCUT2D eigenvalue weighted by Gasteiger charge is 2.43. The molecule has 2 amide bonds. The van der Waals surface area contributed by atoms with Crippen molar-refractivity contribution in [3.63, 3.8) is 0 Å². The molecule has 4 rings (SSSR count). The Labute approximate surface area is 206 Å². The van der Waals surface area contributed by atoms with E-state index in [4.69, 9.17) is 17.0 Å². The number of nitrogens with one attached hydrogen (secondary N) is 1. The van der Waals surface area contributed by atoms with Crippen LogP contribution < -0.4 is 15.0 Å². The normalized spacial score (nSPS) is 15.6. The predicted octanol–water partition coefficient (Wildman–Crippen LogP) is 4.86. The number of carbonyl (C=O) groups is 2. The molecule has 0 spiro atoms. The molecule has 0 unspecified atom stereocenters. The summed E-state index contributed by atoms with van der Waals surface area (Å²) in [6, 6.07) is 15.9. The topological polar surface area (TPSA) is 61.9 Å². The van der Waals surface area contributed by atoms with Gasteiger partial charge in [-0.15, -0.1) is 11.3 Å². The molecule has 3 aromatic rings. The first-order chi connectivity index (χ1) is 16.5. The van der Waals surface area contributed by atoms with Gasteiger partial charge in [0.15, 0.2) is 5.11 Å². The highest BCUT2D eigenvalue weighted by molar-refractivity contribution is 7.80. The van der Waals surface area contributed by atoms with E-state index in [-0.39, 0.29) is 24.1 Å². The van der Waals surface area contributed by atoms with Gasteiger partial charge < -0.3 is 15.0 Å². The van der Waals surface area contributed by atoms with Gasteiger partial charge in [0.1, 0.15) is 17.6 Å². The number of ether oxygens (including phenoxy) is 1. The minimum atomic E-state index is -0.737. The van der Waals surface area contributed by atoms with Gasteiger partial charge in [0.25, 0.3) is 5.91 Å². The number of benzene rings is 2. The average Bonchev–Trinajstić information content (AvgIpc) is 3.42. The molecule has 0 aliphatic carbocycles. The van der Waals surface area contributed by atoms with Crippen LogP contribution in [0.15, 0.2) is 66.0 Å². The van der Waals surface area contributed by atoms with Crippen molar-refractivity contribution in [1.82, 2.24) is 4.90 Å². The first-order valence-corrected chi connectivity index (χ1v) is 12.2. The van der Waals surface area contributed by atoms with Crippen LogP contribution in [-0.2, 0) is 16.0 Å². The second-order valence-electron chi connectivity index (χ2n) is 7.68. The van der Waals surface area contributed by atoms with Crippen molar-refractivity contribution in [2.75, 3.05) is 23.4 Å². The highest BCUT2D eigenvalue weighted by atomic mass is 32.1. The summed E-state index contributed by atoms with van der Waals surface area (Å²) < 4.78 is 18.7. The van der Waals surface area contributed by atoms with Gasteiger partial charge in [-0.1, -0.05) is 6.07 Å². The van der Waals surface area contributed by atoms with Crippen molar-refractivity contribution in [1.29, 1.82) is 0 Å². The van der Waals surface area contributed by atoms with E-state index in [1.54, 1.807) is 35.6 Å². The number of anilines is 2. The number of hydrogen-bond acceptors (Lipinski definition) is 5. The van der Waals surface area contributed by atoms with Crippen LogP contribution in [0.25, 0.3) is 0 Å². The summed E-state index contributed by atoms with van der Waals surface area (Å²) in [7, 11) is 0. The first kappa shape index (κ1) is 23.8. The molecule has 1 aliphatic heterocycles. The van der Waals surface area contributed by atoms with Crippen molar-refractivity contribution < 1.29 is 18.7 Å². The van der Waals surface area contributed by atoms with E-state index in [9.17, 15) is 14.0 Å². The van der Waals surface area contributed by atoms with Gasteiger partial charge in [-0.05, 0) is 85.5 Å². The molecule has 1 aliphatic rings. The number of amides is 2. The molecule has 6 nitrogen and oxygen atoms in total. The molecule has 176 valence electrons. The van der Waals surface area contributed by atoms with Crippen molar-refractivity contribution in [2.24, 2.45) is 0 Å². The molecule has 0 bridgehead atoms. The number of hydrogen-bond donors (Lipinski definition) is 1. The molecule has 9 heteroatoms. The minimum absolute atomic E-state index is 0.0751. The van der Waals surface area contributed by atoms with Crippen LogP contribution in [0.3, 0.4) is 0 Å². The van der Waals surface area contributed by atoms with Crippen molar-refractivity contribution in [2.45, 2.75) is 25.8 Å². The molecule has 1 atom stereocenters. The van der Waals surface area contributed by atoms with Crippen LogP contribution in [0.5, 0.6) is 5.75 Å². The van der Waals surface area contributed by atoms with Crippen molar-refractivity contribution in [3.8, 4) is 5.75 Å². The Bertz CT molecular complexity index is 1150. The third-order valence-electron chi connectivity index (χ3n) is 5.41. The van der Waals surface area contributed by atoms with E-state index in [0.717, 1.165) is 0 Å². The Morgan fingerprint density at radius 2 is 1.88 bits per heavy atom. The fraction of sp³-hybridized carbons (Fsp3) is 0.240. The lowest BCUT2D eigenvalue weighted by atomic mass is 10.1. The van der Waals surface area contributed by atoms with E-state index >= 15 is 0 Å². The first-order valence-electron chi connectivity index (χ1n) is 10.9. The molecular formula is C25H24FN3O3S2. The Morgan fingerprint density at radius 1 is 1.15 bits per heavy atom. The van der Waals surface area contributed by atoms with Crippen molar-refractivity contribution >= 4 is 51.9 Å². The summed E-state index contributed by atoms with van der Waals surface area (Å²) in [6.45, 7) is 2.95. The summed E-state index contributed by atoms with van der Waals surface area (Å²) in [5.41, 5.74) is 1.09. The second-order valence-corrected chi connectivity index (χ2v) is 9.08. The van der Waals surface area contributed by atoms with Gasteiger partial charge in [-0.25, -0.2) is 4.39 Å². The van der Waals surface area contributed by atoms with Gasteiger partial charge in [0.2, 0.25) is 5.91 Å². The molecule has 1 fully saturated rings. The number of thiophene rings is 1. The molecule has 1 N–H and O–H groups in total. The zero-order valence-electron chi connectivity index (χ0n) is 18.6. The largest absolute Gasteiger partial charge is 0.494 e. The van der Waals surface area contributed by atoms with Crippen LogP contribution in [-0.4, -0.2) is 41.0 Å². The van der Waals surface area contributed by atoms with Gasteiger partial charge in [-0.3, -0.25) is 14.5 Å². The molecule has 0 saturated carbocycles. The highest BCUT2D eigenvalue weighted by Crippen LogP contribution is 2.29. The number of thiocarbonyl (C=S) groups is 1. The molecule has 34 heavy (non-hydrogen) atoms. The van der Waals surface area contributed by atoms with Crippen LogP contribution in [0, 0.1) is 5.82 Å². The maximum atomic E-state index is 13.5. The predicted molar refractivity (Wildman–Crippen MR) is 136 cm³/mol. The second kappa shape index (κ2) is 10.8. The van der Waals surface area contributed by atoms with Gasteiger partial charge in [0, 0.05) is 17.1 Å². The van der Waals surface area contributed by atoms with E-state index in [0.29, 0.717) is 41.8 Å². The Kier molecular flexibility index (Phi) is 7.54. The zero-order chi connectivity index (χ0) is 24.1. The number of rotatable bonds is 9. The molecule has 2 heterocycles. The third-order valence-corrected chi connectivity index (χ3v) is 6.76. The Balaban J connectivity index is 1.54. The van der Waals surface area contributed by atoms with Crippen LogP contribution in [0.1, 0.15) is 18.2 Å². The molecule has 1 aromatic heterocycles. The zero-order valence-corrected chi connectivity index (χ0v) is 20.2. The SMILES string of the molecule is CCOc1ccc(N2C(=O)[C@@H](CC(=O)Nc3ccc(F)cc3)N(CCc3cccs3)C2=S)cc1. The summed E-state index contributed by atoms with van der Waals surface area (Å²) in [5.74, 6) is -0.286. The minimum Gasteiger partial charge on any atom is -0.494 e. The third kappa shape index (κ3) is 5.43. The Morgan fingerprint density at radius 3 is 2.53 bits per heavy atom. The Hall–Kier alpha value is -3.30. The van der Waals surface area contributed by atoms with Crippen LogP contribution in [0.2, 0.25) is 0 Å². The maximum absolute atomic E-state index is 13.5. The summed E-state index contributed by atoms with van der Waals surface area (Å²) >= 11 is 7.34. The summed E-state index contributed by atoms with van der Waals surface area (Å²) in [4.78, 5) is 30.7. The van der Waals surface area contributed by atoms with Gasteiger partial charge >= 0.3 is 0 Å². The molecule has 1 saturated heterocycles. The lowest BCUT2D eigenvalue weighted by Gasteiger charge is -2.23. The van der Waals surface area contributed by atoms with Gasteiger partial charge in [-0.2, -0.15) is 0 Å². The smallest absolute Gasteiger partial charge is 0.256 e. The van der Waals surface area contributed by atoms with E-state index < -0.39 is 6.04 Å². The monoisotopic (exact) mass is 497 g/mol. The molecule has 2 aromatic carbocycles. The fourth-order valence-electron chi connectivity index (χ4n) is 3.79. The standard InChI is InChI=1S/C25H24FN3O3S2/c1-2-32-20-11-9-19(10-12-20)29-24(31)22(16-23(30)27-18-7-5-17(26)6-8-18)28(25(29)33)14-13-21-4-3-15-34-21/h3-12,15,22H,2,13-14,16H2,1H3,(H,27,30)/t22-/m1/s1. The van der Waals surface area contributed by atoms with Crippen LogP contribution in [0.4, 0.5) is 15.8 Å². The van der Waals surface area contributed by atoms with E-state index in [1.807, 2.05) is 29.3 Å². The quantitative estimate of drug-likeness (QED) is 0.428. The van der Waals surface area contributed by atoms with Crippen molar-refractivity contribution in [3.05, 3.63) is 76.7 Å². The lowest BCUT2D eigenvalue weighted by molar-refractivity contribution is -0.124. The number of nitrogens with zero attached hydrogens (tertiary/aromatic N) is 2.